The van der Waals surface area contributed by atoms with Gasteiger partial charge in [0.25, 0.3) is 0 Å². The fraction of sp³-hybridized carbons (Fsp3) is 0.615. The van der Waals surface area contributed by atoms with Crippen LogP contribution in [-0.4, -0.2) is 22.2 Å². The lowest BCUT2D eigenvalue weighted by atomic mass is 9.94. The monoisotopic (exact) mass is 237 g/mol. The molecule has 0 spiro atoms. The molecule has 4 nitrogen and oxygen atoms in total. The lowest BCUT2D eigenvalue weighted by Gasteiger charge is -2.26. The summed E-state index contributed by atoms with van der Waals surface area (Å²) in [5, 5.41) is 13.3. The van der Waals surface area contributed by atoms with E-state index < -0.39 is 5.60 Å². The van der Waals surface area contributed by atoms with Crippen LogP contribution in [0.2, 0.25) is 0 Å². The van der Waals surface area contributed by atoms with Crippen LogP contribution in [0.1, 0.15) is 32.8 Å². The van der Waals surface area contributed by atoms with Gasteiger partial charge in [-0.25, -0.2) is 4.98 Å². The van der Waals surface area contributed by atoms with Gasteiger partial charge in [-0.15, -0.1) is 0 Å². The van der Waals surface area contributed by atoms with Crippen molar-refractivity contribution < 1.29 is 5.11 Å². The van der Waals surface area contributed by atoms with Crippen molar-refractivity contribution in [3.05, 3.63) is 17.8 Å². The number of nitrogens with zero attached hydrogens (tertiary/aromatic N) is 1. The molecular weight excluding hydrogens is 214 g/mol. The highest BCUT2D eigenvalue weighted by Crippen LogP contribution is 2.20. The van der Waals surface area contributed by atoms with E-state index in [1.54, 1.807) is 6.20 Å². The van der Waals surface area contributed by atoms with E-state index in [0.29, 0.717) is 24.0 Å². The molecule has 1 heterocycles. The molecule has 1 unspecified atom stereocenters. The van der Waals surface area contributed by atoms with E-state index in [9.17, 15) is 5.11 Å². The number of hydrogen-bond acceptors (Lipinski definition) is 4. The number of hydrogen-bond donors (Lipinski definition) is 3. The van der Waals surface area contributed by atoms with Crippen molar-refractivity contribution in [2.75, 3.05) is 17.6 Å². The molecule has 0 aliphatic rings. The molecule has 0 saturated heterocycles. The van der Waals surface area contributed by atoms with Crippen LogP contribution in [0.25, 0.3) is 0 Å². The molecule has 1 rings (SSSR count). The average molecular weight is 237 g/mol. The van der Waals surface area contributed by atoms with Crippen LogP contribution in [0, 0.1) is 12.8 Å². The Hall–Kier alpha value is -1.29. The maximum absolute atomic E-state index is 10.2. The van der Waals surface area contributed by atoms with Gasteiger partial charge in [-0.2, -0.15) is 0 Å². The van der Waals surface area contributed by atoms with Gasteiger partial charge in [0.1, 0.15) is 5.82 Å². The Bertz CT molecular complexity index is 375. The van der Waals surface area contributed by atoms with Gasteiger partial charge in [0.05, 0.1) is 11.3 Å². The van der Waals surface area contributed by atoms with E-state index in [1.807, 2.05) is 19.9 Å². The zero-order chi connectivity index (χ0) is 13.1. The fourth-order valence-corrected chi connectivity index (χ4v) is 1.97. The van der Waals surface area contributed by atoms with Crippen molar-refractivity contribution in [1.82, 2.24) is 4.98 Å². The quantitative estimate of drug-likeness (QED) is 0.734. The van der Waals surface area contributed by atoms with Crippen molar-refractivity contribution in [3.8, 4) is 0 Å². The van der Waals surface area contributed by atoms with Gasteiger partial charge >= 0.3 is 0 Å². The first kappa shape index (κ1) is 13.8. The fourth-order valence-electron chi connectivity index (χ4n) is 1.97. The molecule has 1 aromatic rings. The van der Waals surface area contributed by atoms with Crippen LogP contribution in [0.3, 0.4) is 0 Å². The number of anilines is 2. The molecule has 4 N–H and O–H groups in total. The molecule has 4 heteroatoms. The molecule has 0 bridgehead atoms. The first-order chi connectivity index (χ1) is 7.80. The van der Waals surface area contributed by atoms with Gasteiger partial charge in [0.15, 0.2) is 0 Å². The minimum Gasteiger partial charge on any atom is -0.396 e. The smallest absolute Gasteiger partial charge is 0.149 e. The second kappa shape index (κ2) is 5.36. The van der Waals surface area contributed by atoms with Crippen molar-refractivity contribution >= 4 is 11.5 Å². The normalized spacial score (nSPS) is 14.7. The summed E-state index contributed by atoms with van der Waals surface area (Å²) in [4.78, 5) is 4.21. The third kappa shape index (κ3) is 4.61. The van der Waals surface area contributed by atoms with Gasteiger partial charge in [-0.3, -0.25) is 0 Å². The third-order valence-corrected chi connectivity index (χ3v) is 2.54. The molecule has 0 aliphatic carbocycles. The van der Waals surface area contributed by atoms with Crippen LogP contribution in [0.15, 0.2) is 12.3 Å². The number of aromatic nitrogens is 1. The number of nitrogen functional groups attached to an aromatic ring is 1. The molecule has 1 atom stereocenters. The van der Waals surface area contributed by atoms with E-state index in [2.05, 4.69) is 24.1 Å². The molecular formula is C13H23N3O. The molecule has 0 amide bonds. The number of pyridine rings is 1. The average Bonchev–Trinajstić information content (AvgIpc) is 2.14. The van der Waals surface area contributed by atoms with Crippen LogP contribution in [-0.2, 0) is 0 Å². The van der Waals surface area contributed by atoms with E-state index in [4.69, 9.17) is 5.73 Å². The first-order valence-electron chi connectivity index (χ1n) is 5.98. The van der Waals surface area contributed by atoms with Gasteiger partial charge in [0.2, 0.25) is 0 Å². The highest BCUT2D eigenvalue weighted by molar-refractivity contribution is 5.61. The van der Waals surface area contributed by atoms with Crippen LogP contribution < -0.4 is 11.1 Å². The summed E-state index contributed by atoms with van der Waals surface area (Å²) in [6.45, 7) is 8.40. The SMILES string of the molecule is Cc1cnc(NCC(C)(O)CC(C)C)c(N)c1. The molecule has 0 radical (unpaired) electrons. The van der Waals surface area contributed by atoms with Crippen molar-refractivity contribution in [2.24, 2.45) is 5.92 Å². The minimum absolute atomic E-state index is 0.450. The predicted octanol–water partition coefficient (Wildman–Crippen LogP) is 2.18. The summed E-state index contributed by atoms with van der Waals surface area (Å²) in [6.07, 6.45) is 2.50. The number of aliphatic hydroxyl groups is 1. The topological polar surface area (TPSA) is 71.2 Å². The molecule has 0 saturated carbocycles. The second-order valence-electron chi connectivity index (χ2n) is 5.40. The molecule has 96 valence electrons. The molecule has 0 aromatic carbocycles. The Kier molecular flexibility index (Phi) is 4.34. The Morgan fingerprint density at radius 2 is 2.18 bits per heavy atom. The first-order valence-corrected chi connectivity index (χ1v) is 5.98. The number of nitrogens with two attached hydrogens (primary N) is 1. The van der Waals surface area contributed by atoms with Crippen molar-refractivity contribution in [3.63, 3.8) is 0 Å². The van der Waals surface area contributed by atoms with Gasteiger partial charge in [-0.05, 0) is 37.8 Å². The third-order valence-electron chi connectivity index (χ3n) is 2.54. The molecule has 0 aliphatic heterocycles. The van der Waals surface area contributed by atoms with E-state index in [0.717, 1.165) is 12.0 Å². The highest BCUT2D eigenvalue weighted by atomic mass is 16.3. The van der Waals surface area contributed by atoms with Gasteiger partial charge < -0.3 is 16.2 Å². The number of rotatable bonds is 5. The number of nitrogens with one attached hydrogen (secondary N) is 1. The predicted molar refractivity (Wildman–Crippen MR) is 72.0 cm³/mol. The molecule has 1 aromatic heterocycles. The summed E-state index contributed by atoms with van der Waals surface area (Å²) in [5.74, 6) is 1.09. The van der Waals surface area contributed by atoms with Crippen LogP contribution in [0.4, 0.5) is 11.5 Å². The maximum atomic E-state index is 10.2. The standard InChI is InChI=1S/C13H23N3O/c1-9(2)6-13(4,17)8-16-12-11(14)5-10(3)7-15-12/h5,7,9,17H,6,8,14H2,1-4H3,(H,15,16). The lowest BCUT2D eigenvalue weighted by molar-refractivity contribution is 0.0515. The van der Waals surface area contributed by atoms with E-state index in [1.165, 1.54) is 0 Å². The zero-order valence-corrected chi connectivity index (χ0v) is 11.1. The summed E-state index contributed by atoms with van der Waals surface area (Å²) >= 11 is 0. The zero-order valence-electron chi connectivity index (χ0n) is 11.1. The summed E-state index contributed by atoms with van der Waals surface area (Å²) in [7, 11) is 0. The molecule has 0 fully saturated rings. The molecule has 17 heavy (non-hydrogen) atoms. The Morgan fingerprint density at radius 1 is 1.53 bits per heavy atom. The van der Waals surface area contributed by atoms with Gasteiger partial charge in [0, 0.05) is 12.7 Å². The van der Waals surface area contributed by atoms with E-state index >= 15 is 0 Å². The largest absolute Gasteiger partial charge is 0.396 e. The van der Waals surface area contributed by atoms with Crippen molar-refractivity contribution in [1.29, 1.82) is 0 Å². The highest BCUT2D eigenvalue weighted by Gasteiger charge is 2.21. The Morgan fingerprint density at radius 3 is 2.71 bits per heavy atom. The van der Waals surface area contributed by atoms with Crippen LogP contribution >= 0.6 is 0 Å². The van der Waals surface area contributed by atoms with E-state index in [-0.39, 0.29) is 0 Å². The Labute approximate surface area is 103 Å². The lowest BCUT2D eigenvalue weighted by Crippen LogP contribution is -2.35. The van der Waals surface area contributed by atoms with Gasteiger partial charge in [-0.1, -0.05) is 13.8 Å². The summed E-state index contributed by atoms with van der Waals surface area (Å²) in [5.41, 5.74) is 6.75. The van der Waals surface area contributed by atoms with Crippen molar-refractivity contribution in [2.45, 2.75) is 39.7 Å². The summed E-state index contributed by atoms with van der Waals surface area (Å²) in [6, 6.07) is 1.87. The maximum Gasteiger partial charge on any atom is 0.149 e. The minimum atomic E-state index is -0.743. The van der Waals surface area contributed by atoms with Crippen LogP contribution in [0.5, 0.6) is 0 Å². The summed E-state index contributed by atoms with van der Waals surface area (Å²) < 4.78 is 0. The Balaban J connectivity index is 2.61. The number of aryl methyl sites for hydroxylation is 1. The second-order valence-corrected chi connectivity index (χ2v) is 5.40.